The second kappa shape index (κ2) is 5.03. The molecular formula is C14H14N4S. The zero-order valence-corrected chi connectivity index (χ0v) is 11.4. The normalized spacial score (nSPS) is 11.1. The summed E-state index contributed by atoms with van der Waals surface area (Å²) in [5.74, 6) is 0. The molecule has 1 aromatic heterocycles. The van der Waals surface area contributed by atoms with Crippen molar-refractivity contribution in [2.45, 2.75) is 16.6 Å². The molecule has 3 rings (SSSR count). The molecule has 0 aliphatic rings. The molecule has 1 heterocycles. The molecule has 0 saturated heterocycles. The van der Waals surface area contributed by atoms with Gasteiger partial charge in [0.05, 0.1) is 0 Å². The number of aromatic nitrogens is 3. The Morgan fingerprint density at radius 2 is 1.95 bits per heavy atom. The molecule has 0 atom stereocenters. The van der Waals surface area contributed by atoms with Crippen LogP contribution in [0.15, 0.2) is 52.8 Å². The molecule has 0 amide bonds. The van der Waals surface area contributed by atoms with E-state index in [2.05, 4.69) is 34.5 Å². The minimum atomic E-state index is 0.551. The SMILES string of the molecule is Cn1cnnc1Sc1ccc(CN)c2ccccc12. The van der Waals surface area contributed by atoms with Crippen LogP contribution in [0.1, 0.15) is 5.56 Å². The highest BCUT2D eigenvalue weighted by Crippen LogP contribution is 2.33. The molecule has 2 aromatic carbocycles. The number of nitrogens with two attached hydrogens (primary N) is 1. The fourth-order valence-electron chi connectivity index (χ4n) is 2.06. The standard InChI is InChI=1S/C14H14N4S/c1-18-9-16-17-14(18)19-13-7-6-10(8-15)11-4-2-3-5-12(11)13/h2-7,9H,8,15H2,1H3. The average Bonchev–Trinajstić information content (AvgIpc) is 2.85. The summed E-state index contributed by atoms with van der Waals surface area (Å²) in [5.41, 5.74) is 6.96. The average molecular weight is 270 g/mol. The second-order valence-corrected chi connectivity index (χ2v) is 5.31. The van der Waals surface area contributed by atoms with Crippen LogP contribution in [0.3, 0.4) is 0 Å². The van der Waals surface area contributed by atoms with E-state index in [1.165, 1.54) is 15.7 Å². The van der Waals surface area contributed by atoms with Gasteiger partial charge < -0.3 is 10.3 Å². The van der Waals surface area contributed by atoms with Gasteiger partial charge in [0.25, 0.3) is 0 Å². The van der Waals surface area contributed by atoms with E-state index in [9.17, 15) is 0 Å². The lowest BCUT2D eigenvalue weighted by Crippen LogP contribution is -1.97. The van der Waals surface area contributed by atoms with Gasteiger partial charge in [-0.2, -0.15) is 0 Å². The Morgan fingerprint density at radius 3 is 2.63 bits per heavy atom. The molecule has 19 heavy (non-hydrogen) atoms. The predicted molar refractivity (Wildman–Crippen MR) is 77.0 cm³/mol. The van der Waals surface area contributed by atoms with Crippen LogP contribution >= 0.6 is 11.8 Å². The van der Waals surface area contributed by atoms with Crippen LogP contribution in [-0.2, 0) is 13.6 Å². The first-order chi connectivity index (χ1) is 9.29. The van der Waals surface area contributed by atoms with Crippen molar-refractivity contribution in [3.05, 3.63) is 48.3 Å². The van der Waals surface area contributed by atoms with Gasteiger partial charge >= 0.3 is 0 Å². The Bertz CT molecular complexity index is 720. The van der Waals surface area contributed by atoms with E-state index in [1.807, 2.05) is 23.7 Å². The minimum Gasteiger partial charge on any atom is -0.326 e. The van der Waals surface area contributed by atoms with Gasteiger partial charge in [-0.25, -0.2) is 0 Å². The minimum absolute atomic E-state index is 0.551. The quantitative estimate of drug-likeness (QED) is 0.794. The van der Waals surface area contributed by atoms with E-state index in [1.54, 1.807) is 18.1 Å². The van der Waals surface area contributed by atoms with Crippen LogP contribution in [-0.4, -0.2) is 14.8 Å². The Labute approximate surface area is 115 Å². The number of nitrogens with zero attached hydrogens (tertiary/aromatic N) is 3. The lowest BCUT2D eigenvalue weighted by atomic mass is 10.0. The summed E-state index contributed by atoms with van der Waals surface area (Å²) in [6.07, 6.45) is 1.71. The first kappa shape index (κ1) is 12.2. The van der Waals surface area contributed by atoms with Crippen molar-refractivity contribution in [1.82, 2.24) is 14.8 Å². The zero-order chi connectivity index (χ0) is 13.2. The molecule has 0 spiro atoms. The maximum atomic E-state index is 5.79. The van der Waals surface area contributed by atoms with Gasteiger partial charge in [-0.15, -0.1) is 10.2 Å². The van der Waals surface area contributed by atoms with Gasteiger partial charge in [0.1, 0.15) is 6.33 Å². The monoisotopic (exact) mass is 270 g/mol. The fraction of sp³-hybridized carbons (Fsp3) is 0.143. The van der Waals surface area contributed by atoms with Gasteiger partial charge in [0.15, 0.2) is 5.16 Å². The third-order valence-corrected chi connectivity index (χ3v) is 4.19. The van der Waals surface area contributed by atoms with E-state index >= 15 is 0 Å². The summed E-state index contributed by atoms with van der Waals surface area (Å²) >= 11 is 1.62. The predicted octanol–water partition coefficient (Wildman–Crippen LogP) is 2.58. The third-order valence-electron chi connectivity index (χ3n) is 3.07. The maximum absolute atomic E-state index is 5.79. The lowest BCUT2D eigenvalue weighted by molar-refractivity contribution is 0.789. The van der Waals surface area contributed by atoms with Gasteiger partial charge in [0.2, 0.25) is 0 Å². The summed E-state index contributed by atoms with van der Waals surface area (Å²) in [5, 5.41) is 11.3. The molecule has 4 nitrogen and oxygen atoms in total. The van der Waals surface area contributed by atoms with E-state index in [0.717, 1.165) is 10.7 Å². The summed E-state index contributed by atoms with van der Waals surface area (Å²) in [7, 11) is 1.94. The second-order valence-electron chi connectivity index (χ2n) is 4.30. The van der Waals surface area contributed by atoms with E-state index < -0.39 is 0 Å². The van der Waals surface area contributed by atoms with Crippen molar-refractivity contribution in [1.29, 1.82) is 0 Å². The number of rotatable bonds is 3. The first-order valence-electron chi connectivity index (χ1n) is 6.02. The molecule has 0 aliphatic heterocycles. The number of aryl methyl sites for hydroxylation is 1. The molecule has 0 unspecified atom stereocenters. The van der Waals surface area contributed by atoms with E-state index in [0.29, 0.717) is 6.54 Å². The van der Waals surface area contributed by atoms with Crippen molar-refractivity contribution >= 4 is 22.5 Å². The van der Waals surface area contributed by atoms with Crippen molar-refractivity contribution in [3.8, 4) is 0 Å². The number of hydrogen-bond donors (Lipinski definition) is 1. The van der Waals surface area contributed by atoms with Crippen LogP contribution in [0.5, 0.6) is 0 Å². The largest absolute Gasteiger partial charge is 0.326 e. The zero-order valence-electron chi connectivity index (χ0n) is 10.6. The third kappa shape index (κ3) is 2.22. The summed E-state index contributed by atoms with van der Waals surface area (Å²) in [6.45, 7) is 0.551. The van der Waals surface area contributed by atoms with Crippen LogP contribution < -0.4 is 5.73 Å². The molecule has 0 saturated carbocycles. The van der Waals surface area contributed by atoms with Crippen molar-refractivity contribution in [2.24, 2.45) is 12.8 Å². The molecule has 0 bridgehead atoms. The molecule has 3 aromatic rings. The highest BCUT2D eigenvalue weighted by Gasteiger charge is 2.09. The number of fused-ring (bicyclic) bond motifs is 1. The molecule has 0 aliphatic carbocycles. The van der Waals surface area contributed by atoms with Crippen LogP contribution in [0, 0.1) is 0 Å². The van der Waals surface area contributed by atoms with Crippen molar-refractivity contribution in [2.75, 3.05) is 0 Å². The summed E-state index contributed by atoms with van der Waals surface area (Å²) < 4.78 is 1.91. The van der Waals surface area contributed by atoms with Crippen LogP contribution in [0.2, 0.25) is 0 Å². The summed E-state index contributed by atoms with van der Waals surface area (Å²) in [4.78, 5) is 1.17. The summed E-state index contributed by atoms with van der Waals surface area (Å²) in [6, 6.07) is 12.5. The molecule has 0 radical (unpaired) electrons. The van der Waals surface area contributed by atoms with Gasteiger partial charge in [-0.3, -0.25) is 0 Å². The smallest absolute Gasteiger partial charge is 0.195 e. The van der Waals surface area contributed by atoms with Gasteiger partial charge in [-0.05, 0) is 34.2 Å². The van der Waals surface area contributed by atoms with Crippen molar-refractivity contribution in [3.63, 3.8) is 0 Å². The molecule has 96 valence electrons. The van der Waals surface area contributed by atoms with Crippen LogP contribution in [0.25, 0.3) is 10.8 Å². The Morgan fingerprint density at radius 1 is 1.16 bits per heavy atom. The molecule has 5 heteroatoms. The first-order valence-corrected chi connectivity index (χ1v) is 6.84. The lowest BCUT2D eigenvalue weighted by Gasteiger charge is -2.09. The topological polar surface area (TPSA) is 56.7 Å². The van der Waals surface area contributed by atoms with E-state index in [4.69, 9.17) is 5.73 Å². The van der Waals surface area contributed by atoms with Gasteiger partial charge in [-0.1, -0.05) is 30.3 Å². The number of benzene rings is 2. The number of hydrogen-bond acceptors (Lipinski definition) is 4. The molecule has 2 N–H and O–H groups in total. The molecular weight excluding hydrogens is 256 g/mol. The van der Waals surface area contributed by atoms with Crippen LogP contribution in [0.4, 0.5) is 0 Å². The molecule has 0 fully saturated rings. The highest BCUT2D eigenvalue weighted by atomic mass is 32.2. The highest BCUT2D eigenvalue weighted by molar-refractivity contribution is 7.99. The Hall–Kier alpha value is -1.85. The fourth-order valence-corrected chi connectivity index (χ4v) is 2.96. The Kier molecular flexibility index (Phi) is 3.23. The van der Waals surface area contributed by atoms with Crippen molar-refractivity contribution < 1.29 is 0 Å². The Balaban J connectivity index is 2.12. The maximum Gasteiger partial charge on any atom is 0.195 e. The van der Waals surface area contributed by atoms with E-state index in [-0.39, 0.29) is 0 Å². The van der Waals surface area contributed by atoms with Gasteiger partial charge in [0, 0.05) is 18.5 Å².